The zero-order valence-corrected chi connectivity index (χ0v) is 13.1. The van der Waals surface area contributed by atoms with Crippen LogP contribution in [-0.2, 0) is 0 Å². The van der Waals surface area contributed by atoms with Crippen LogP contribution in [0, 0.1) is 0 Å². The molecule has 1 aromatic carbocycles. The highest BCUT2D eigenvalue weighted by molar-refractivity contribution is 7.99. The van der Waals surface area contributed by atoms with Crippen molar-refractivity contribution in [1.29, 1.82) is 0 Å². The predicted molar refractivity (Wildman–Crippen MR) is 84.0 cm³/mol. The summed E-state index contributed by atoms with van der Waals surface area (Å²) < 4.78 is 5.79. The smallest absolute Gasteiger partial charge is 0.174 e. The van der Waals surface area contributed by atoms with Gasteiger partial charge in [0.1, 0.15) is 5.75 Å². The molecule has 0 radical (unpaired) electrons. The van der Waals surface area contributed by atoms with Crippen LogP contribution in [0.15, 0.2) is 28.3 Å². The van der Waals surface area contributed by atoms with Crippen molar-refractivity contribution in [3.05, 3.63) is 23.8 Å². The highest BCUT2D eigenvalue weighted by Crippen LogP contribution is 2.30. The van der Waals surface area contributed by atoms with Crippen molar-refractivity contribution in [1.82, 2.24) is 4.90 Å². The Hall–Kier alpha value is -1.40. The summed E-state index contributed by atoms with van der Waals surface area (Å²) in [6.45, 7) is 3.62. The molecular weight excluding hydrogens is 274 g/mol. The summed E-state index contributed by atoms with van der Waals surface area (Å²) in [5, 5.41) is 12.1. The predicted octanol–water partition coefficient (Wildman–Crippen LogP) is 2.22. The lowest BCUT2D eigenvalue weighted by atomic mass is 10.2. The quantitative estimate of drug-likeness (QED) is 0.192. The van der Waals surface area contributed by atoms with Crippen LogP contribution in [0.4, 0.5) is 0 Å². The molecule has 3 N–H and O–H groups in total. The molecule has 0 heterocycles. The van der Waals surface area contributed by atoms with E-state index in [9.17, 15) is 0 Å². The van der Waals surface area contributed by atoms with Gasteiger partial charge in [-0.3, -0.25) is 0 Å². The molecule has 0 unspecified atom stereocenters. The number of nitrogens with zero attached hydrogens (tertiary/aromatic N) is 2. The van der Waals surface area contributed by atoms with E-state index >= 15 is 0 Å². The van der Waals surface area contributed by atoms with Gasteiger partial charge in [-0.05, 0) is 38.4 Å². The second-order valence-electron chi connectivity index (χ2n) is 4.55. The molecule has 0 amide bonds. The van der Waals surface area contributed by atoms with Gasteiger partial charge in [-0.15, -0.1) is 11.8 Å². The molecule has 0 spiro atoms. The van der Waals surface area contributed by atoms with Gasteiger partial charge in [0.25, 0.3) is 0 Å². The Labute approximate surface area is 124 Å². The van der Waals surface area contributed by atoms with Crippen LogP contribution in [0.3, 0.4) is 0 Å². The zero-order valence-electron chi connectivity index (χ0n) is 12.3. The molecular formula is C14H23N3O2S. The van der Waals surface area contributed by atoms with Gasteiger partial charge in [-0.25, -0.2) is 0 Å². The van der Waals surface area contributed by atoms with E-state index in [1.54, 1.807) is 11.8 Å². The molecule has 112 valence electrons. The lowest BCUT2D eigenvalue weighted by molar-refractivity contribution is 0.280. The molecule has 20 heavy (non-hydrogen) atoms. The summed E-state index contributed by atoms with van der Waals surface area (Å²) >= 11 is 1.64. The van der Waals surface area contributed by atoms with E-state index in [0.717, 1.165) is 23.6 Å². The van der Waals surface area contributed by atoms with Crippen LogP contribution >= 0.6 is 11.8 Å². The third-order valence-corrected chi connectivity index (χ3v) is 3.60. The van der Waals surface area contributed by atoms with Crippen molar-refractivity contribution in [2.75, 3.05) is 33.0 Å². The van der Waals surface area contributed by atoms with Crippen molar-refractivity contribution in [3.63, 3.8) is 0 Å². The van der Waals surface area contributed by atoms with Gasteiger partial charge in [-0.1, -0.05) is 18.1 Å². The van der Waals surface area contributed by atoms with Crippen LogP contribution in [0.2, 0.25) is 0 Å². The monoisotopic (exact) mass is 297 g/mol. The number of benzene rings is 1. The Bertz CT molecular complexity index is 450. The van der Waals surface area contributed by atoms with Crippen LogP contribution in [-0.4, -0.2) is 48.9 Å². The van der Waals surface area contributed by atoms with Crippen LogP contribution in [0.5, 0.6) is 5.75 Å². The molecule has 0 aliphatic rings. The maximum atomic E-state index is 8.94. The molecule has 0 fully saturated rings. The van der Waals surface area contributed by atoms with E-state index in [2.05, 4.69) is 17.0 Å². The molecule has 1 aromatic rings. The van der Waals surface area contributed by atoms with Crippen LogP contribution < -0.4 is 10.5 Å². The molecule has 0 atom stereocenters. The average molecular weight is 297 g/mol. The SMILES string of the molecule is CCSc1cccc(OCCCN(C)C)c1/C(N)=N/O. The standard InChI is InChI=1S/C14H23N3O2S/c1-4-20-12-8-5-7-11(13(12)14(15)16-18)19-10-6-9-17(2)3/h5,7-8,18H,4,6,9-10H2,1-3H3,(H2,15,16). The number of hydrogen-bond acceptors (Lipinski definition) is 5. The van der Waals surface area contributed by atoms with Crippen molar-refractivity contribution < 1.29 is 9.94 Å². The van der Waals surface area contributed by atoms with Gasteiger partial charge in [0.05, 0.1) is 12.2 Å². The maximum absolute atomic E-state index is 8.94. The normalized spacial score (nSPS) is 11.9. The summed E-state index contributed by atoms with van der Waals surface area (Å²) in [5.74, 6) is 1.66. The molecule has 0 aliphatic heterocycles. The molecule has 6 heteroatoms. The van der Waals surface area contributed by atoms with Gasteiger partial charge >= 0.3 is 0 Å². The fourth-order valence-corrected chi connectivity index (χ4v) is 2.61. The summed E-state index contributed by atoms with van der Waals surface area (Å²) in [4.78, 5) is 3.07. The summed E-state index contributed by atoms with van der Waals surface area (Å²) in [5.41, 5.74) is 6.45. The van der Waals surface area contributed by atoms with Gasteiger partial charge in [0.2, 0.25) is 0 Å². The largest absolute Gasteiger partial charge is 0.493 e. The van der Waals surface area contributed by atoms with E-state index in [1.165, 1.54) is 0 Å². The summed E-state index contributed by atoms with van der Waals surface area (Å²) in [6, 6.07) is 5.73. The topological polar surface area (TPSA) is 71.1 Å². The Morgan fingerprint density at radius 1 is 1.45 bits per heavy atom. The first-order valence-corrected chi connectivity index (χ1v) is 7.60. The molecule has 0 saturated heterocycles. The second-order valence-corrected chi connectivity index (χ2v) is 5.86. The van der Waals surface area contributed by atoms with Crippen molar-refractivity contribution in [3.8, 4) is 5.75 Å². The average Bonchev–Trinajstić information content (AvgIpc) is 2.43. The molecule has 1 rings (SSSR count). The zero-order chi connectivity index (χ0) is 15.0. The first-order valence-electron chi connectivity index (χ1n) is 6.61. The van der Waals surface area contributed by atoms with Crippen LogP contribution in [0.25, 0.3) is 0 Å². The second kappa shape index (κ2) is 8.71. The van der Waals surface area contributed by atoms with Crippen molar-refractivity contribution in [2.45, 2.75) is 18.2 Å². The number of rotatable bonds is 8. The number of nitrogens with two attached hydrogens (primary N) is 1. The fraction of sp³-hybridized carbons (Fsp3) is 0.500. The molecule has 0 saturated carbocycles. The van der Waals surface area contributed by atoms with Crippen LogP contribution in [0.1, 0.15) is 18.9 Å². The molecule has 0 aromatic heterocycles. The molecule has 0 bridgehead atoms. The van der Waals surface area contributed by atoms with Gasteiger partial charge in [0, 0.05) is 11.4 Å². The minimum absolute atomic E-state index is 0.0872. The lowest BCUT2D eigenvalue weighted by Crippen LogP contribution is -2.18. The van der Waals surface area contributed by atoms with Gasteiger partial charge in [0.15, 0.2) is 5.84 Å². The van der Waals surface area contributed by atoms with Gasteiger partial charge < -0.3 is 20.6 Å². The highest BCUT2D eigenvalue weighted by atomic mass is 32.2. The first kappa shape index (κ1) is 16.7. The molecule has 5 nitrogen and oxygen atoms in total. The van der Waals surface area contributed by atoms with Crippen molar-refractivity contribution >= 4 is 17.6 Å². The van der Waals surface area contributed by atoms with Crippen molar-refractivity contribution in [2.24, 2.45) is 10.9 Å². The van der Waals surface area contributed by atoms with E-state index in [1.807, 2.05) is 32.3 Å². The Morgan fingerprint density at radius 3 is 2.80 bits per heavy atom. The minimum atomic E-state index is 0.0872. The summed E-state index contributed by atoms with van der Waals surface area (Å²) in [6.07, 6.45) is 0.924. The number of ether oxygens (including phenoxy) is 1. The lowest BCUT2D eigenvalue weighted by Gasteiger charge is -2.15. The first-order chi connectivity index (χ1) is 9.60. The summed E-state index contributed by atoms with van der Waals surface area (Å²) in [7, 11) is 4.06. The number of oxime groups is 1. The highest BCUT2D eigenvalue weighted by Gasteiger charge is 2.14. The maximum Gasteiger partial charge on any atom is 0.174 e. The van der Waals surface area contributed by atoms with Gasteiger partial charge in [-0.2, -0.15) is 0 Å². The minimum Gasteiger partial charge on any atom is -0.493 e. The fourth-order valence-electron chi connectivity index (χ4n) is 1.77. The Morgan fingerprint density at radius 2 is 2.20 bits per heavy atom. The third-order valence-electron chi connectivity index (χ3n) is 2.66. The molecule has 0 aliphatic carbocycles. The number of amidine groups is 1. The number of thioether (sulfide) groups is 1. The van der Waals surface area contributed by atoms with E-state index in [4.69, 9.17) is 15.7 Å². The van der Waals surface area contributed by atoms with E-state index in [0.29, 0.717) is 17.9 Å². The Kier molecular flexibility index (Phi) is 7.25. The Balaban J connectivity index is 2.86. The number of hydrogen-bond donors (Lipinski definition) is 2. The third kappa shape index (κ3) is 4.94. The van der Waals surface area contributed by atoms with E-state index < -0.39 is 0 Å². The van der Waals surface area contributed by atoms with E-state index in [-0.39, 0.29) is 5.84 Å².